The van der Waals surface area contributed by atoms with Crippen molar-refractivity contribution in [1.82, 2.24) is 14.1 Å². The highest BCUT2D eigenvalue weighted by molar-refractivity contribution is 7.89. The lowest BCUT2D eigenvalue weighted by Gasteiger charge is -2.54. The summed E-state index contributed by atoms with van der Waals surface area (Å²) in [6.45, 7) is 13.9. The number of halogens is 2. The maximum absolute atomic E-state index is 15.2. The molecule has 4 rings (SSSR count). The first-order valence-corrected chi connectivity index (χ1v) is 19.5. The van der Waals surface area contributed by atoms with Crippen LogP contribution in [-0.2, 0) is 29.1 Å². The van der Waals surface area contributed by atoms with Gasteiger partial charge in [-0.2, -0.15) is 4.31 Å². The quantitative estimate of drug-likeness (QED) is 0.294. The average molecular weight is 752 g/mol. The van der Waals surface area contributed by atoms with Crippen LogP contribution in [0.1, 0.15) is 90.8 Å². The number of carbonyl (C=O) groups is 3. The second kappa shape index (κ2) is 15.5. The molecule has 2 aliphatic rings. The molecule has 4 atom stereocenters. The Hall–Kier alpha value is -2.70. The van der Waals surface area contributed by atoms with E-state index in [1.165, 1.54) is 4.31 Å². The van der Waals surface area contributed by atoms with Crippen LogP contribution in [0.4, 0.5) is 0 Å². The maximum atomic E-state index is 15.2. The Morgan fingerprint density at radius 3 is 2.12 bits per heavy atom. The second-order valence-electron chi connectivity index (χ2n) is 15.9. The van der Waals surface area contributed by atoms with E-state index in [2.05, 4.69) is 0 Å². The van der Waals surface area contributed by atoms with Crippen molar-refractivity contribution < 1.29 is 27.5 Å². The first-order chi connectivity index (χ1) is 23.1. The molecular formula is C37H52Cl2N4O6S. The topological polar surface area (TPSA) is 130 Å². The van der Waals surface area contributed by atoms with Gasteiger partial charge in [-0.05, 0) is 68.0 Å². The number of piperazine rings is 1. The minimum atomic E-state index is -3.94. The van der Waals surface area contributed by atoms with Gasteiger partial charge in [0.25, 0.3) is 0 Å². The van der Waals surface area contributed by atoms with Gasteiger partial charge < -0.3 is 20.3 Å². The molecule has 2 fully saturated rings. The first kappa shape index (κ1) is 40.1. The standard InChI is InChI=1S/C37H52Cl2N4O6S/c1-35(2,3)30(24-50(47,48)42-19-17-41(18-20-42)31(44)15-16-40)43-33(25-11-13-27(38)14-12-25)29(26-9-8-10-28(39)21-26)22-37(7,34(43)46)23-32(45)49-36(4,5)6/h8-14,21,29-30,33H,15-20,22-24,40H2,1-7H3/t29-,30-,33-,37-/m1/s1. The molecule has 2 aliphatic heterocycles. The smallest absolute Gasteiger partial charge is 0.307 e. The summed E-state index contributed by atoms with van der Waals surface area (Å²) in [6, 6.07) is 13.3. The van der Waals surface area contributed by atoms with Gasteiger partial charge >= 0.3 is 5.97 Å². The molecular weight excluding hydrogens is 699 g/mol. The van der Waals surface area contributed by atoms with Crippen LogP contribution in [0.2, 0.25) is 10.0 Å². The van der Waals surface area contributed by atoms with Crippen molar-refractivity contribution in [2.45, 2.75) is 91.3 Å². The highest BCUT2D eigenvalue weighted by Gasteiger charge is 2.55. The molecule has 2 amide bonds. The van der Waals surface area contributed by atoms with Crippen molar-refractivity contribution in [3.63, 3.8) is 0 Å². The van der Waals surface area contributed by atoms with Crippen molar-refractivity contribution in [2.24, 2.45) is 16.6 Å². The molecule has 0 bridgehead atoms. The van der Waals surface area contributed by atoms with Gasteiger partial charge in [-0.1, -0.05) is 75.2 Å². The van der Waals surface area contributed by atoms with Crippen LogP contribution in [0.3, 0.4) is 0 Å². The van der Waals surface area contributed by atoms with Gasteiger partial charge in [-0.15, -0.1) is 0 Å². The summed E-state index contributed by atoms with van der Waals surface area (Å²) in [6.07, 6.45) is 0.307. The zero-order chi connectivity index (χ0) is 37.2. The molecule has 2 N–H and O–H groups in total. The predicted octanol–water partition coefficient (Wildman–Crippen LogP) is 6.03. The summed E-state index contributed by atoms with van der Waals surface area (Å²) in [4.78, 5) is 44.4. The van der Waals surface area contributed by atoms with E-state index in [1.807, 2.05) is 51.1 Å². The van der Waals surface area contributed by atoms with Gasteiger partial charge in [0, 0.05) is 55.1 Å². The number of rotatable bonds is 10. The number of nitrogens with two attached hydrogens (primary N) is 1. The Kier molecular flexibility index (Phi) is 12.4. The lowest BCUT2D eigenvalue weighted by molar-refractivity contribution is -0.169. The SMILES string of the molecule is CC(C)(C)OC(=O)C[C@@]1(C)C[C@H](c2cccc(Cl)c2)[C@@H](c2ccc(Cl)cc2)N([C@H](CS(=O)(=O)N2CCN(C(=O)CCN)CC2)C(C)(C)C)C1=O. The normalized spacial score (nSPS) is 23.1. The fourth-order valence-electron chi connectivity index (χ4n) is 7.14. The molecule has 50 heavy (non-hydrogen) atoms. The molecule has 2 aromatic carbocycles. The Morgan fingerprint density at radius 2 is 1.58 bits per heavy atom. The Balaban J connectivity index is 1.85. The van der Waals surface area contributed by atoms with E-state index in [-0.39, 0.29) is 75.5 Å². The molecule has 0 radical (unpaired) electrons. The van der Waals surface area contributed by atoms with Crippen molar-refractivity contribution in [2.75, 3.05) is 38.5 Å². The molecule has 2 saturated heterocycles. The third-order valence-electron chi connectivity index (χ3n) is 9.59. The number of amides is 2. The molecule has 276 valence electrons. The van der Waals surface area contributed by atoms with E-state index in [0.717, 1.165) is 11.1 Å². The molecule has 2 aromatic rings. The van der Waals surface area contributed by atoms with E-state index in [0.29, 0.717) is 10.0 Å². The molecule has 0 aromatic heterocycles. The van der Waals surface area contributed by atoms with Crippen molar-refractivity contribution in [3.8, 4) is 0 Å². The van der Waals surface area contributed by atoms with Gasteiger partial charge in [0.05, 0.1) is 29.7 Å². The first-order valence-electron chi connectivity index (χ1n) is 17.2. The third-order valence-corrected chi connectivity index (χ3v) is 12.0. The molecule has 13 heteroatoms. The predicted molar refractivity (Wildman–Crippen MR) is 197 cm³/mol. The fourth-order valence-corrected chi connectivity index (χ4v) is 9.45. The Bertz CT molecular complexity index is 1650. The van der Waals surface area contributed by atoms with Crippen molar-refractivity contribution >= 4 is 51.0 Å². The molecule has 0 saturated carbocycles. The molecule has 0 aliphatic carbocycles. The fraction of sp³-hybridized carbons (Fsp3) is 0.595. The zero-order valence-electron chi connectivity index (χ0n) is 30.2. The van der Waals surface area contributed by atoms with Crippen LogP contribution < -0.4 is 5.73 Å². The number of esters is 1. The highest BCUT2D eigenvalue weighted by atomic mass is 35.5. The van der Waals surface area contributed by atoms with Gasteiger partial charge in [-0.3, -0.25) is 14.4 Å². The van der Waals surface area contributed by atoms with Crippen LogP contribution in [0.25, 0.3) is 0 Å². The Labute approximate surface area is 307 Å². The highest BCUT2D eigenvalue weighted by Crippen LogP contribution is 2.53. The number of sulfonamides is 1. The minimum Gasteiger partial charge on any atom is -0.460 e. The van der Waals surface area contributed by atoms with Crippen LogP contribution in [0.5, 0.6) is 0 Å². The summed E-state index contributed by atoms with van der Waals surface area (Å²) in [5, 5.41) is 1.05. The van der Waals surface area contributed by atoms with Crippen molar-refractivity contribution in [1.29, 1.82) is 0 Å². The summed E-state index contributed by atoms with van der Waals surface area (Å²) in [7, 11) is -3.94. The van der Waals surface area contributed by atoms with Gasteiger partial charge in [0.15, 0.2) is 0 Å². The third kappa shape index (κ3) is 9.59. The Morgan fingerprint density at radius 1 is 0.960 bits per heavy atom. The van der Waals surface area contributed by atoms with Crippen LogP contribution in [-0.4, -0.2) is 90.4 Å². The number of hydrogen-bond donors (Lipinski definition) is 1. The van der Waals surface area contributed by atoms with E-state index in [1.54, 1.807) is 55.7 Å². The van der Waals surface area contributed by atoms with E-state index in [9.17, 15) is 18.0 Å². The number of carbonyl (C=O) groups excluding carboxylic acids is 3. The van der Waals surface area contributed by atoms with E-state index >= 15 is 4.79 Å². The lowest BCUT2D eigenvalue weighted by Crippen LogP contribution is -2.62. The summed E-state index contributed by atoms with van der Waals surface area (Å²) >= 11 is 12.9. The largest absolute Gasteiger partial charge is 0.460 e. The van der Waals surface area contributed by atoms with E-state index in [4.69, 9.17) is 33.7 Å². The molecule has 2 heterocycles. The van der Waals surface area contributed by atoms with Crippen LogP contribution >= 0.6 is 23.2 Å². The summed E-state index contributed by atoms with van der Waals surface area (Å²) in [5.74, 6) is -1.66. The number of likely N-dealkylation sites (tertiary alicyclic amines) is 1. The summed E-state index contributed by atoms with van der Waals surface area (Å²) < 4.78 is 35.8. The molecule has 0 unspecified atom stereocenters. The molecule has 10 nitrogen and oxygen atoms in total. The van der Waals surface area contributed by atoms with Gasteiger partial charge in [0.1, 0.15) is 5.60 Å². The number of hydrogen-bond acceptors (Lipinski definition) is 7. The monoisotopic (exact) mass is 750 g/mol. The molecule has 0 spiro atoms. The van der Waals surface area contributed by atoms with Gasteiger partial charge in [0.2, 0.25) is 21.8 Å². The second-order valence-corrected chi connectivity index (χ2v) is 18.8. The van der Waals surface area contributed by atoms with Crippen LogP contribution in [0, 0.1) is 10.8 Å². The van der Waals surface area contributed by atoms with Crippen LogP contribution in [0.15, 0.2) is 48.5 Å². The lowest BCUT2D eigenvalue weighted by atomic mass is 9.66. The number of piperidine rings is 1. The maximum Gasteiger partial charge on any atom is 0.307 e. The number of nitrogens with zero attached hydrogens (tertiary/aromatic N) is 3. The summed E-state index contributed by atoms with van der Waals surface area (Å²) in [5.41, 5.74) is 4.49. The van der Waals surface area contributed by atoms with E-state index < -0.39 is 44.5 Å². The van der Waals surface area contributed by atoms with Crippen molar-refractivity contribution in [3.05, 3.63) is 69.7 Å². The average Bonchev–Trinajstić information content (AvgIpc) is 3.00. The zero-order valence-corrected chi connectivity index (χ0v) is 32.6. The minimum absolute atomic E-state index is 0.0989. The van der Waals surface area contributed by atoms with Gasteiger partial charge in [-0.25, -0.2) is 8.42 Å². The number of ether oxygens (including phenoxy) is 1. The number of benzene rings is 2.